The topological polar surface area (TPSA) is 144 Å². The first-order chi connectivity index (χ1) is 17.2. The van der Waals surface area contributed by atoms with Crippen LogP contribution < -0.4 is 14.8 Å². The molecule has 0 spiro atoms. The summed E-state index contributed by atoms with van der Waals surface area (Å²) < 4.78 is 65.4. The molecule has 4 rings (SSSR count). The summed E-state index contributed by atoms with van der Waals surface area (Å²) in [6.45, 7) is 1.04. The number of rotatable bonds is 8. The second kappa shape index (κ2) is 10.6. The quantitative estimate of drug-likeness (QED) is 0.449. The monoisotopic (exact) mass is 532 g/mol. The first kappa shape index (κ1) is 25.6. The van der Waals surface area contributed by atoms with Crippen molar-refractivity contribution in [3.63, 3.8) is 0 Å². The molecule has 1 aliphatic heterocycles. The number of aromatic nitrogens is 1. The van der Waals surface area contributed by atoms with Gasteiger partial charge in [0.2, 0.25) is 10.0 Å². The van der Waals surface area contributed by atoms with Crippen LogP contribution in [0, 0.1) is 0 Å². The first-order valence-corrected chi connectivity index (χ1v) is 13.7. The Morgan fingerprint density at radius 2 is 1.67 bits per heavy atom. The minimum absolute atomic E-state index is 0.0134. The van der Waals surface area contributed by atoms with E-state index >= 15 is 0 Å². The molecule has 0 unspecified atom stereocenters. The van der Waals surface area contributed by atoms with Gasteiger partial charge in [-0.25, -0.2) is 16.8 Å². The van der Waals surface area contributed by atoms with E-state index in [-0.39, 0.29) is 34.2 Å². The second-order valence-electron chi connectivity index (χ2n) is 7.70. The third-order valence-corrected chi connectivity index (χ3v) is 8.65. The summed E-state index contributed by atoms with van der Waals surface area (Å²) in [6.07, 6.45) is 2.91. The van der Waals surface area contributed by atoms with Crippen molar-refractivity contribution in [2.24, 2.45) is 0 Å². The van der Waals surface area contributed by atoms with Gasteiger partial charge in [-0.3, -0.25) is 14.5 Å². The van der Waals surface area contributed by atoms with E-state index in [1.165, 1.54) is 66.3 Å². The number of hydrogen-bond donors (Lipinski definition) is 2. The minimum atomic E-state index is -3.86. The van der Waals surface area contributed by atoms with Gasteiger partial charge in [0.05, 0.1) is 47.6 Å². The smallest absolute Gasteiger partial charge is 0.261 e. The number of anilines is 2. The zero-order valence-corrected chi connectivity index (χ0v) is 20.9. The molecule has 0 atom stereocenters. The van der Waals surface area contributed by atoms with Crippen molar-refractivity contribution in [2.75, 3.05) is 43.5 Å². The van der Waals surface area contributed by atoms with Gasteiger partial charge in [0.25, 0.3) is 15.9 Å². The van der Waals surface area contributed by atoms with Gasteiger partial charge < -0.3 is 14.8 Å². The second-order valence-corrected chi connectivity index (χ2v) is 11.3. The van der Waals surface area contributed by atoms with Gasteiger partial charge in [0.15, 0.2) is 0 Å². The summed E-state index contributed by atoms with van der Waals surface area (Å²) in [5, 5.41) is 2.65. The number of carbonyl (C=O) groups excluding carboxylic acids is 1. The van der Waals surface area contributed by atoms with Crippen LogP contribution in [0.4, 0.5) is 11.4 Å². The largest absolute Gasteiger partial charge is 0.496 e. The number of hydrogen-bond acceptors (Lipinski definition) is 8. The van der Waals surface area contributed by atoms with E-state index in [4.69, 9.17) is 9.47 Å². The molecule has 3 aromatic rings. The van der Waals surface area contributed by atoms with Crippen LogP contribution in [0.2, 0.25) is 0 Å². The highest BCUT2D eigenvalue weighted by Gasteiger charge is 2.28. The number of sulfonamides is 2. The van der Waals surface area contributed by atoms with Gasteiger partial charge in [-0.2, -0.15) is 4.31 Å². The molecule has 0 bridgehead atoms. The lowest BCUT2D eigenvalue weighted by molar-refractivity contribution is 0.0730. The van der Waals surface area contributed by atoms with Crippen molar-refractivity contribution in [1.29, 1.82) is 0 Å². The molecular weight excluding hydrogens is 508 g/mol. The molecule has 0 aliphatic carbocycles. The molecule has 11 nitrogen and oxygen atoms in total. The lowest BCUT2D eigenvalue weighted by Gasteiger charge is -2.26. The zero-order chi connectivity index (χ0) is 25.8. The lowest BCUT2D eigenvalue weighted by atomic mass is 10.2. The van der Waals surface area contributed by atoms with E-state index in [0.29, 0.717) is 24.6 Å². The molecule has 1 saturated heterocycles. The maximum atomic E-state index is 13.0. The van der Waals surface area contributed by atoms with E-state index in [1.54, 1.807) is 12.1 Å². The van der Waals surface area contributed by atoms with E-state index in [2.05, 4.69) is 15.0 Å². The van der Waals surface area contributed by atoms with E-state index < -0.39 is 26.0 Å². The lowest BCUT2D eigenvalue weighted by Crippen LogP contribution is -2.40. The molecule has 1 aliphatic rings. The average Bonchev–Trinajstić information content (AvgIpc) is 2.89. The molecule has 1 amide bonds. The summed E-state index contributed by atoms with van der Waals surface area (Å²) in [6, 6.07) is 12.8. The molecule has 0 radical (unpaired) electrons. The minimum Gasteiger partial charge on any atom is -0.496 e. The van der Waals surface area contributed by atoms with Crippen LogP contribution in [0.25, 0.3) is 0 Å². The molecule has 2 heterocycles. The van der Waals surface area contributed by atoms with Crippen molar-refractivity contribution in [2.45, 2.75) is 9.79 Å². The highest BCUT2D eigenvalue weighted by atomic mass is 32.2. The number of methoxy groups -OCH3 is 1. The van der Waals surface area contributed by atoms with Crippen LogP contribution in [0.15, 0.2) is 76.8 Å². The van der Waals surface area contributed by atoms with Crippen molar-refractivity contribution in [3.8, 4) is 5.75 Å². The van der Waals surface area contributed by atoms with E-state index in [9.17, 15) is 21.6 Å². The number of nitrogens with one attached hydrogen (secondary N) is 2. The van der Waals surface area contributed by atoms with E-state index in [0.717, 1.165) is 0 Å². The summed E-state index contributed by atoms with van der Waals surface area (Å²) in [7, 11) is -6.31. The van der Waals surface area contributed by atoms with Crippen molar-refractivity contribution < 1.29 is 31.1 Å². The fraction of sp³-hybridized carbons (Fsp3) is 0.217. The standard InChI is InChI=1S/C23H24N4O7S2/c1-33-22-9-8-20(36(31,32)27-11-13-34-14-12-27)15-21(22)23(28)25-17-4-6-19(7-5-17)35(29,30)26-18-3-2-10-24-16-18/h2-10,15-16,26H,11-14H2,1H3,(H,25,28). The predicted octanol–water partition coefficient (Wildman–Crippen LogP) is 2.16. The number of ether oxygens (including phenoxy) is 2. The van der Waals surface area contributed by atoms with Gasteiger partial charge in [0, 0.05) is 25.0 Å². The molecule has 36 heavy (non-hydrogen) atoms. The van der Waals surface area contributed by atoms with Crippen molar-refractivity contribution in [1.82, 2.24) is 9.29 Å². The highest BCUT2D eigenvalue weighted by Crippen LogP contribution is 2.26. The average molecular weight is 533 g/mol. The SMILES string of the molecule is COc1ccc(S(=O)(=O)N2CCOCC2)cc1C(=O)Nc1ccc(S(=O)(=O)Nc2cccnc2)cc1. The maximum absolute atomic E-state index is 13.0. The Labute approximate surface area is 209 Å². The number of carbonyl (C=O) groups is 1. The predicted molar refractivity (Wildman–Crippen MR) is 132 cm³/mol. The van der Waals surface area contributed by atoms with Crippen molar-refractivity contribution >= 4 is 37.3 Å². The maximum Gasteiger partial charge on any atom is 0.261 e. The van der Waals surface area contributed by atoms with Gasteiger partial charge in [-0.05, 0) is 54.6 Å². The van der Waals surface area contributed by atoms with Crippen LogP contribution in [0.1, 0.15) is 10.4 Å². The Hall–Kier alpha value is -3.52. The fourth-order valence-corrected chi connectivity index (χ4v) is 5.99. The van der Waals surface area contributed by atoms with Crippen LogP contribution in [-0.2, 0) is 24.8 Å². The van der Waals surface area contributed by atoms with Crippen LogP contribution in [0.3, 0.4) is 0 Å². The third-order valence-electron chi connectivity index (χ3n) is 5.36. The molecule has 190 valence electrons. The number of amides is 1. The summed E-state index contributed by atoms with van der Waals surface area (Å²) in [4.78, 5) is 16.8. The molecule has 2 N–H and O–H groups in total. The summed E-state index contributed by atoms with van der Waals surface area (Å²) in [5.74, 6) is -0.428. The van der Waals surface area contributed by atoms with Gasteiger partial charge >= 0.3 is 0 Å². The molecule has 0 saturated carbocycles. The normalized spacial score (nSPS) is 14.7. The number of benzene rings is 2. The Kier molecular flexibility index (Phi) is 7.54. The first-order valence-electron chi connectivity index (χ1n) is 10.8. The Bertz CT molecular complexity index is 1440. The molecule has 13 heteroatoms. The summed E-state index contributed by atoms with van der Waals surface area (Å²) in [5.41, 5.74) is 0.638. The Morgan fingerprint density at radius 1 is 0.972 bits per heavy atom. The van der Waals surface area contributed by atoms with Gasteiger partial charge in [-0.1, -0.05) is 0 Å². The molecular formula is C23H24N4O7S2. The number of morpholine rings is 1. The zero-order valence-electron chi connectivity index (χ0n) is 19.2. The van der Waals surface area contributed by atoms with Crippen LogP contribution in [-0.4, -0.2) is 65.4 Å². The number of pyridine rings is 1. The summed E-state index contributed by atoms with van der Waals surface area (Å²) >= 11 is 0. The highest BCUT2D eigenvalue weighted by molar-refractivity contribution is 7.92. The van der Waals surface area contributed by atoms with E-state index in [1.807, 2.05) is 0 Å². The Morgan fingerprint density at radius 3 is 2.31 bits per heavy atom. The van der Waals surface area contributed by atoms with Gasteiger partial charge in [-0.15, -0.1) is 0 Å². The van der Waals surface area contributed by atoms with Crippen LogP contribution in [0.5, 0.6) is 5.75 Å². The van der Waals surface area contributed by atoms with Gasteiger partial charge in [0.1, 0.15) is 5.75 Å². The Balaban J connectivity index is 1.53. The molecule has 2 aromatic carbocycles. The van der Waals surface area contributed by atoms with Crippen molar-refractivity contribution in [3.05, 3.63) is 72.6 Å². The third kappa shape index (κ3) is 5.65. The van der Waals surface area contributed by atoms with Crippen LogP contribution >= 0.6 is 0 Å². The molecule has 1 aromatic heterocycles. The fourth-order valence-electron chi connectivity index (χ4n) is 3.51. The number of nitrogens with zero attached hydrogens (tertiary/aromatic N) is 2. The molecule has 1 fully saturated rings.